The van der Waals surface area contributed by atoms with Crippen molar-refractivity contribution in [2.45, 2.75) is 84.0 Å². The number of fused-ring (bicyclic) bond motifs is 3. The van der Waals surface area contributed by atoms with Gasteiger partial charge in [0.1, 0.15) is 0 Å². The van der Waals surface area contributed by atoms with Gasteiger partial charge in [0.25, 0.3) is 0 Å². The molecule has 0 heterocycles. The van der Waals surface area contributed by atoms with Crippen LogP contribution in [0.15, 0.2) is 12.7 Å². The fourth-order valence-corrected chi connectivity index (χ4v) is 6.56. The van der Waals surface area contributed by atoms with Gasteiger partial charge in [-0.1, -0.05) is 33.8 Å². The van der Waals surface area contributed by atoms with Crippen LogP contribution in [0.1, 0.15) is 66.2 Å². The maximum Gasteiger partial charge on any atom is 0.0692 e. The second kappa shape index (κ2) is 5.06. The van der Waals surface area contributed by atoms with Gasteiger partial charge in [-0.15, -0.1) is 6.58 Å². The average Bonchev–Trinajstić information content (AvgIpc) is 2.46. The fourth-order valence-electron chi connectivity index (χ4n) is 6.56. The molecule has 0 amide bonds. The van der Waals surface area contributed by atoms with Crippen LogP contribution in [-0.4, -0.2) is 33.1 Å². The van der Waals surface area contributed by atoms with Crippen LogP contribution in [0.3, 0.4) is 0 Å². The fraction of sp³-hybridized carbons (Fsp3) is 0.900. The molecule has 132 valence electrons. The molecule has 0 bridgehead atoms. The van der Waals surface area contributed by atoms with E-state index >= 15 is 0 Å². The number of hydrogen-bond donors (Lipinski definition) is 3. The van der Waals surface area contributed by atoms with E-state index in [0.29, 0.717) is 18.8 Å². The summed E-state index contributed by atoms with van der Waals surface area (Å²) < 4.78 is 0. The Morgan fingerprint density at radius 1 is 0.957 bits per heavy atom. The maximum absolute atomic E-state index is 11.5. The average molecular weight is 322 g/mol. The smallest absolute Gasteiger partial charge is 0.0692 e. The zero-order valence-electron chi connectivity index (χ0n) is 15.2. The molecular formula is C20H34O3. The first-order valence-electron chi connectivity index (χ1n) is 9.22. The Balaban J connectivity index is 2.03. The van der Waals surface area contributed by atoms with Gasteiger partial charge in [0.05, 0.1) is 17.8 Å². The van der Waals surface area contributed by atoms with Crippen molar-refractivity contribution in [3.05, 3.63) is 12.7 Å². The first-order chi connectivity index (χ1) is 10.5. The van der Waals surface area contributed by atoms with Crippen molar-refractivity contribution >= 4 is 0 Å². The van der Waals surface area contributed by atoms with Crippen molar-refractivity contribution in [3.8, 4) is 0 Å². The minimum atomic E-state index is -0.804. The van der Waals surface area contributed by atoms with Gasteiger partial charge in [-0.2, -0.15) is 0 Å². The van der Waals surface area contributed by atoms with Crippen LogP contribution >= 0.6 is 0 Å². The molecule has 3 N–H and O–H groups in total. The predicted octanol–water partition coefficient (Wildman–Crippen LogP) is 3.28. The Morgan fingerprint density at radius 2 is 1.61 bits per heavy atom. The SMILES string of the molecule is C=C[C@]1(C)C[C@]2(O)CC[C@H]3C(C)(C)CC[C@@H](O)[C@]3(C)[C@H]2C[C@H]1O. The van der Waals surface area contributed by atoms with Gasteiger partial charge in [0.2, 0.25) is 0 Å². The number of aliphatic hydroxyl groups excluding tert-OH is 2. The third kappa shape index (κ3) is 2.26. The van der Waals surface area contributed by atoms with Crippen molar-refractivity contribution in [2.75, 3.05) is 0 Å². The Hall–Kier alpha value is -0.380. The molecule has 7 atom stereocenters. The van der Waals surface area contributed by atoms with E-state index in [-0.39, 0.29) is 16.7 Å². The molecule has 23 heavy (non-hydrogen) atoms. The minimum Gasteiger partial charge on any atom is -0.393 e. The van der Waals surface area contributed by atoms with E-state index in [2.05, 4.69) is 27.4 Å². The summed E-state index contributed by atoms with van der Waals surface area (Å²) in [6.45, 7) is 12.7. The maximum atomic E-state index is 11.5. The number of aliphatic hydroxyl groups is 3. The molecule has 0 aromatic rings. The highest BCUT2D eigenvalue weighted by Crippen LogP contribution is 2.66. The summed E-state index contributed by atoms with van der Waals surface area (Å²) in [4.78, 5) is 0. The molecule has 3 saturated carbocycles. The van der Waals surface area contributed by atoms with Crippen molar-refractivity contribution in [2.24, 2.45) is 28.1 Å². The Labute approximate surface area is 140 Å². The molecule has 0 unspecified atom stereocenters. The monoisotopic (exact) mass is 322 g/mol. The Bertz CT molecular complexity index is 501. The molecule has 0 aromatic carbocycles. The summed E-state index contributed by atoms with van der Waals surface area (Å²) in [5.41, 5.74) is -1.39. The molecule has 0 radical (unpaired) electrons. The zero-order valence-corrected chi connectivity index (χ0v) is 15.2. The topological polar surface area (TPSA) is 60.7 Å². The second-order valence-corrected chi connectivity index (χ2v) is 9.79. The molecule has 0 spiro atoms. The molecule has 0 saturated heterocycles. The minimum absolute atomic E-state index is 0.0497. The zero-order chi connectivity index (χ0) is 17.3. The lowest BCUT2D eigenvalue weighted by molar-refractivity contribution is -0.251. The van der Waals surface area contributed by atoms with Gasteiger partial charge in [-0.05, 0) is 55.8 Å². The van der Waals surface area contributed by atoms with Crippen LogP contribution in [0.25, 0.3) is 0 Å². The predicted molar refractivity (Wildman–Crippen MR) is 91.8 cm³/mol. The third-order valence-corrected chi connectivity index (χ3v) is 8.11. The van der Waals surface area contributed by atoms with Gasteiger partial charge in [0.15, 0.2) is 0 Å². The number of rotatable bonds is 1. The van der Waals surface area contributed by atoms with E-state index in [0.717, 1.165) is 25.7 Å². The first-order valence-corrected chi connectivity index (χ1v) is 9.22. The van der Waals surface area contributed by atoms with Gasteiger partial charge < -0.3 is 15.3 Å². The van der Waals surface area contributed by atoms with Crippen LogP contribution in [0.2, 0.25) is 0 Å². The summed E-state index contributed by atoms with van der Waals surface area (Å²) in [5, 5.41) is 33.1. The van der Waals surface area contributed by atoms with Crippen molar-refractivity contribution in [1.29, 1.82) is 0 Å². The highest BCUT2D eigenvalue weighted by molar-refractivity contribution is 5.17. The summed E-state index contributed by atoms with van der Waals surface area (Å²) in [6, 6.07) is 0. The normalized spacial score (nSPS) is 55.6. The largest absolute Gasteiger partial charge is 0.393 e. The Morgan fingerprint density at radius 3 is 2.22 bits per heavy atom. The van der Waals surface area contributed by atoms with Crippen LogP contribution in [0.5, 0.6) is 0 Å². The van der Waals surface area contributed by atoms with E-state index in [1.807, 2.05) is 13.0 Å². The summed E-state index contributed by atoms with van der Waals surface area (Å²) in [5.74, 6) is 0.343. The van der Waals surface area contributed by atoms with E-state index < -0.39 is 23.2 Å². The van der Waals surface area contributed by atoms with Gasteiger partial charge in [-0.25, -0.2) is 0 Å². The quantitative estimate of drug-likeness (QED) is 0.649. The Kier molecular flexibility index (Phi) is 3.84. The molecule has 3 aliphatic carbocycles. The number of hydrogen-bond acceptors (Lipinski definition) is 3. The molecule has 3 heteroatoms. The van der Waals surface area contributed by atoms with Gasteiger partial charge in [0, 0.05) is 10.8 Å². The van der Waals surface area contributed by atoms with Crippen molar-refractivity contribution in [3.63, 3.8) is 0 Å². The van der Waals surface area contributed by atoms with Crippen molar-refractivity contribution in [1.82, 2.24) is 0 Å². The third-order valence-electron chi connectivity index (χ3n) is 8.11. The van der Waals surface area contributed by atoms with Gasteiger partial charge in [-0.3, -0.25) is 0 Å². The standard InChI is InChI=1S/C20H34O3/c1-6-18(4)12-20(23)10-7-13-17(2,3)9-8-15(21)19(13,5)14(20)11-16(18)22/h6,13-16,21-23H,1,7-12H2,2-5H3/t13-,14+,15+,16+,18+,19-,20+/m0/s1. The van der Waals surface area contributed by atoms with Crippen molar-refractivity contribution < 1.29 is 15.3 Å². The van der Waals surface area contributed by atoms with Crippen LogP contribution in [0, 0.1) is 28.1 Å². The lowest BCUT2D eigenvalue weighted by Gasteiger charge is -2.66. The van der Waals surface area contributed by atoms with E-state index in [9.17, 15) is 15.3 Å². The van der Waals surface area contributed by atoms with Crippen LogP contribution in [0.4, 0.5) is 0 Å². The lowest BCUT2D eigenvalue weighted by atomic mass is 9.41. The second-order valence-electron chi connectivity index (χ2n) is 9.79. The molecule has 3 rings (SSSR count). The highest BCUT2D eigenvalue weighted by Gasteiger charge is 2.65. The van der Waals surface area contributed by atoms with Crippen LogP contribution in [-0.2, 0) is 0 Å². The van der Waals surface area contributed by atoms with E-state index in [1.54, 1.807) is 0 Å². The first kappa shape index (κ1) is 17.4. The molecule has 0 aromatic heterocycles. The van der Waals surface area contributed by atoms with E-state index in [4.69, 9.17) is 0 Å². The summed E-state index contributed by atoms with van der Waals surface area (Å²) in [6.07, 6.45) is 5.57. The molecule has 3 nitrogen and oxygen atoms in total. The van der Waals surface area contributed by atoms with Crippen LogP contribution < -0.4 is 0 Å². The summed E-state index contributed by atoms with van der Waals surface area (Å²) >= 11 is 0. The lowest BCUT2D eigenvalue weighted by Crippen LogP contribution is -2.67. The molecular weight excluding hydrogens is 288 g/mol. The highest BCUT2D eigenvalue weighted by atomic mass is 16.3. The van der Waals surface area contributed by atoms with Gasteiger partial charge >= 0.3 is 0 Å². The van der Waals surface area contributed by atoms with E-state index in [1.165, 1.54) is 0 Å². The molecule has 3 aliphatic rings. The molecule has 0 aliphatic heterocycles. The molecule has 3 fully saturated rings. The summed E-state index contributed by atoms with van der Waals surface area (Å²) in [7, 11) is 0.